The van der Waals surface area contributed by atoms with Crippen LogP contribution in [0.15, 0.2) is 16.5 Å². The highest BCUT2D eigenvalue weighted by molar-refractivity contribution is 5.07. The number of likely N-dealkylation sites (tertiary alicyclic amines) is 1. The maximum Gasteiger partial charge on any atom is 0.118 e. The zero-order valence-electron chi connectivity index (χ0n) is 12.5. The van der Waals surface area contributed by atoms with E-state index in [4.69, 9.17) is 4.42 Å². The fourth-order valence-corrected chi connectivity index (χ4v) is 2.60. The van der Waals surface area contributed by atoms with Crippen molar-refractivity contribution in [2.75, 3.05) is 13.1 Å². The third-order valence-corrected chi connectivity index (χ3v) is 3.73. The molecule has 0 amide bonds. The minimum Gasteiger partial charge on any atom is -0.463 e. The van der Waals surface area contributed by atoms with Gasteiger partial charge in [-0.05, 0) is 38.1 Å². The van der Waals surface area contributed by atoms with Gasteiger partial charge in [-0.1, -0.05) is 33.1 Å². The number of hydrogen-bond donors (Lipinski definition) is 1. The van der Waals surface area contributed by atoms with Crippen molar-refractivity contribution in [3.05, 3.63) is 23.7 Å². The highest BCUT2D eigenvalue weighted by atomic mass is 16.3. The van der Waals surface area contributed by atoms with Crippen LogP contribution in [0.1, 0.15) is 57.5 Å². The molecule has 2 heterocycles. The summed E-state index contributed by atoms with van der Waals surface area (Å²) in [6.45, 7) is 8.56. The van der Waals surface area contributed by atoms with Crippen molar-refractivity contribution in [1.82, 2.24) is 10.2 Å². The van der Waals surface area contributed by atoms with Gasteiger partial charge in [0.1, 0.15) is 11.5 Å². The minimum atomic E-state index is 0.503. The Bertz CT molecular complexity index is 351. The van der Waals surface area contributed by atoms with Crippen molar-refractivity contribution in [3.63, 3.8) is 0 Å². The topological polar surface area (TPSA) is 28.4 Å². The van der Waals surface area contributed by atoms with Gasteiger partial charge in [-0.25, -0.2) is 0 Å². The largest absolute Gasteiger partial charge is 0.463 e. The molecule has 1 N–H and O–H groups in total. The summed E-state index contributed by atoms with van der Waals surface area (Å²) in [4.78, 5) is 2.54. The van der Waals surface area contributed by atoms with Gasteiger partial charge in [-0.2, -0.15) is 0 Å². The predicted molar refractivity (Wildman–Crippen MR) is 79.0 cm³/mol. The van der Waals surface area contributed by atoms with Gasteiger partial charge in [0.2, 0.25) is 0 Å². The number of hydrogen-bond acceptors (Lipinski definition) is 3. The number of rotatable bonds is 5. The zero-order valence-corrected chi connectivity index (χ0v) is 12.5. The maximum atomic E-state index is 5.90. The lowest BCUT2D eigenvalue weighted by Gasteiger charge is -2.23. The van der Waals surface area contributed by atoms with Crippen molar-refractivity contribution in [2.24, 2.45) is 0 Å². The van der Waals surface area contributed by atoms with Crippen LogP contribution in [0.3, 0.4) is 0 Å². The standard InChI is InChI=1S/C16H28N2O/c1-14(2)17-12-15-8-9-16(19-15)13-18-10-6-4-3-5-7-11-18/h8-9,14,17H,3-7,10-13H2,1-2H3. The first kappa shape index (κ1) is 14.6. The van der Waals surface area contributed by atoms with Gasteiger partial charge < -0.3 is 9.73 Å². The summed E-state index contributed by atoms with van der Waals surface area (Å²) in [5.74, 6) is 2.16. The number of nitrogens with one attached hydrogen (secondary N) is 1. The third kappa shape index (κ3) is 5.37. The average Bonchev–Trinajstić information content (AvgIpc) is 2.77. The van der Waals surface area contributed by atoms with Crippen molar-refractivity contribution in [3.8, 4) is 0 Å². The molecule has 1 aromatic heterocycles. The SMILES string of the molecule is CC(C)NCc1ccc(CN2CCCCCCC2)o1. The molecule has 0 aliphatic carbocycles. The van der Waals surface area contributed by atoms with Crippen LogP contribution < -0.4 is 5.32 Å². The fraction of sp³-hybridized carbons (Fsp3) is 0.750. The Balaban J connectivity index is 1.80. The van der Waals surface area contributed by atoms with E-state index in [0.29, 0.717) is 6.04 Å². The Morgan fingerprint density at radius 1 is 1.05 bits per heavy atom. The first-order chi connectivity index (χ1) is 9.24. The van der Waals surface area contributed by atoms with E-state index in [-0.39, 0.29) is 0 Å². The van der Waals surface area contributed by atoms with E-state index in [9.17, 15) is 0 Å². The van der Waals surface area contributed by atoms with Gasteiger partial charge in [-0.3, -0.25) is 4.90 Å². The predicted octanol–water partition coefficient (Wildman–Crippen LogP) is 3.54. The fourth-order valence-electron chi connectivity index (χ4n) is 2.60. The van der Waals surface area contributed by atoms with E-state index in [1.807, 2.05) is 0 Å². The van der Waals surface area contributed by atoms with Gasteiger partial charge in [0.25, 0.3) is 0 Å². The van der Waals surface area contributed by atoms with E-state index < -0.39 is 0 Å². The first-order valence-electron chi connectivity index (χ1n) is 7.77. The molecule has 0 atom stereocenters. The van der Waals surface area contributed by atoms with Gasteiger partial charge >= 0.3 is 0 Å². The lowest BCUT2D eigenvalue weighted by molar-refractivity contribution is 0.220. The van der Waals surface area contributed by atoms with Crippen molar-refractivity contribution >= 4 is 0 Å². The second-order valence-corrected chi connectivity index (χ2v) is 5.95. The molecular weight excluding hydrogens is 236 g/mol. The summed E-state index contributed by atoms with van der Waals surface area (Å²) in [7, 11) is 0. The van der Waals surface area contributed by atoms with E-state index in [2.05, 4.69) is 36.2 Å². The number of furan rings is 1. The number of nitrogens with zero attached hydrogens (tertiary/aromatic N) is 1. The van der Waals surface area contributed by atoms with Crippen molar-refractivity contribution in [1.29, 1.82) is 0 Å². The van der Waals surface area contributed by atoms with Crippen LogP contribution in [0.25, 0.3) is 0 Å². The summed E-state index contributed by atoms with van der Waals surface area (Å²) in [5, 5.41) is 3.39. The third-order valence-electron chi connectivity index (χ3n) is 3.73. The van der Waals surface area contributed by atoms with Gasteiger partial charge in [0, 0.05) is 6.04 Å². The van der Waals surface area contributed by atoms with E-state index in [1.54, 1.807) is 0 Å². The highest BCUT2D eigenvalue weighted by Gasteiger charge is 2.11. The highest BCUT2D eigenvalue weighted by Crippen LogP contribution is 2.15. The molecule has 1 aliphatic heterocycles. The molecule has 0 saturated carbocycles. The quantitative estimate of drug-likeness (QED) is 0.881. The first-order valence-corrected chi connectivity index (χ1v) is 7.77. The van der Waals surface area contributed by atoms with Gasteiger partial charge in [0.15, 0.2) is 0 Å². The van der Waals surface area contributed by atoms with Crippen LogP contribution >= 0.6 is 0 Å². The average molecular weight is 264 g/mol. The van der Waals surface area contributed by atoms with Gasteiger partial charge in [-0.15, -0.1) is 0 Å². The maximum absolute atomic E-state index is 5.90. The smallest absolute Gasteiger partial charge is 0.118 e. The van der Waals surface area contributed by atoms with Crippen LogP contribution in [-0.2, 0) is 13.1 Å². The molecule has 0 bridgehead atoms. The summed E-state index contributed by atoms with van der Waals surface area (Å²) >= 11 is 0. The Labute approximate surface area is 117 Å². The summed E-state index contributed by atoms with van der Waals surface area (Å²) in [6, 6.07) is 4.74. The molecular formula is C16H28N2O. The molecule has 1 saturated heterocycles. The molecule has 19 heavy (non-hydrogen) atoms. The molecule has 3 nitrogen and oxygen atoms in total. The second kappa shape index (κ2) is 7.71. The Hall–Kier alpha value is -0.800. The molecule has 1 aromatic rings. The van der Waals surface area contributed by atoms with Crippen LogP contribution in [0.4, 0.5) is 0 Å². The molecule has 108 valence electrons. The van der Waals surface area contributed by atoms with Crippen molar-refractivity contribution < 1.29 is 4.42 Å². The summed E-state index contributed by atoms with van der Waals surface area (Å²) < 4.78 is 5.90. The van der Waals surface area contributed by atoms with E-state index in [1.165, 1.54) is 45.2 Å². The van der Waals surface area contributed by atoms with Crippen LogP contribution in [0.5, 0.6) is 0 Å². The summed E-state index contributed by atoms with van der Waals surface area (Å²) in [5.41, 5.74) is 0. The lowest BCUT2D eigenvalue weighted by Crippen LogP contribution is -2.26. The Kier molecular flexibility index (Phi) is 5.93. The molecule has 3 heteroatoms. The molecule has 1 aliphatic rings. The minimum absolute atomic E-state index is 0.503. The second-order valence-electron chi connectivity index (χ2n) is 5.95. The lowest BCUT2D eigenvalue weighted by atomic mass is 10.1. The molecule has 2 rings (SSSR count). The van der Waals surface area contributed by atoms with Gasteiger partial charge in [0.05, 0.1) is 13.1 Å². The molecule has 0 radical (unpaired) electrons. The normalized spacial score (nSPS) is 18.5. The molecule has 0 unspecified atom stereocenters. The van der Waals surface area contributed by atoms with Crippen LogP contribution in [0.2, 0.25) is 0 Å². The molecule has 0 spiro atoms. The van der Waals surface area contributed by atoms with Crippen LogP contribution in [-0.4, -0.2) is 24.0 Å². The summed E-state index contributed by atoms with van der Waals surface area (Å²) in [6.07, 6.45) is 6.86. The van der Waals surface area contributed by atoms with E-state index >= 15 is 0 Å². The zero-order chi connectivity index (χ0) is 13.5. The van der Waals surface area contributed by atoms with Crippen LogP contribution in [0, 0.1) is 0 Å². The Morgan fingerprint density at radius 2 is 1.68 bits per heavy atom. The monoisotopic (exact) mass is 264 g/mol. The molecule has 1 fully saturated rings. The van der Waals surface area contributed by atoms with E-state index in [0.717, 1.165) is 24.6 Å². The Morgan fingerprint density at radius 3 is 2.37 bits per heavy atom. The molecule has 0 aromatic carbocycles. The van der Waals surface area contributed by atoms with Crippen molar-refractivity contribution in [2.45, 2.75) is 65.1 Å².